The highest BCUT2D eigenvalue weighted by Crippen LogP contribution is 2.42. The summed E-state index contributed by atoms with van der Waals surface area (Å²) in [4.78, 5) is 2.05. The summed E-state index contributed by atoms with van der Waals surface area (Å²) in [6, 6.07) is 4.92. The third-order valence-corrected chi connectivity index (χ3v) is 8.57. The number of nitrogens with two attached hydrogens (primary N) is 1. The third-order valence-electron chi connectivity index (χ3n) is 5.77. The highest BCUT2D eigenvalue weighted by Gasteiger charge is 2.48. The van der Waals surface area contributed by atoms with Gasteiger partial charge in [-0.15, -0.1) is 0 Å². The highest BCUT2D eigenvalue weighted by atomic mass is 32.2. The number of aliphatic hydroxyl groups excluding tert-OH is 1. The first kappa shape index (κ1) is 19.7. The van der Waals surface area contributed by atoms with Gasteiger partial charge in [0.15, 0.2) is 0 Å². The molecule has 2 aliphatic heterocycles. The second-order valence-electron chi connectivity index (χ2n) is 7.25. The Balaban J connectivity index is 1.87. The van der Waals surface area contributed by atoms with E-state index >= 15 is 0 Å². The van der Waals surface area contributed by atoms with Gasteiger partial charge in [0, 0.05) is 24.5 Å². The molecule has 3 N–H and O–H groups in total. The number of fused-ring (bicyclic) bond motifs is 1. The van der Waals surface area contributed by atoms with Crippen molar-refractivity contribution in [1.82, 2.24) is 9.21 Å². The normalized spacial score (nSPS) is 28.7. The van der Waals surface area contributed by atoms with Crippen LogP contribution < -0.4 is 5.14 Å². The van der Waals surface area contributed by atoms with E-state index in [1.54, 1.807) is 0 Å². The van der Waals surface area contributed by atoms with E-state index in [1.807, 2.05) is 7.05 Å². The lowest BCUT2D eigenvalue weighted by Gasteiger charge is -2.53. The molecule has 26 heavy (non-hydrogen) atoms. The Morgan fingerprint density at radius 3 is 2.31 bits per heavy atom. The fourth-order valence-electron chi connectivity index (χ4n) is 4.16. The standard InChI is InChI=1S/C16H25N3O5S2/c1-18-9-2-7-16(12-20)8-10-19(11-15(16)18)26(23,24)14-5-3-13(4-6-14)25(17,21)22/h3-6,15,20H,2,7-12H2,1H3,(H2,17,21,22)/t15-,16-/m1/s1. The smallest absolute Gasteiger partial charge is 0.243 e. The Morgan fingerprint density at radius 1 is 1.12 bits per heavy atom. The van der Waals surface area contributed by atoms with Crippen LogP contribution in [-0.4, -0.2) is 70.5 Å². The average Bonchev–Trinajstić information content (AvgIpc) is 2.61. The van der Waals surface area contributed by atoms with Gasteiger partial charge in [-0.05, 0) is 57.1 Å². The highest BCUT2D eigenvalue weighted by molar-refractivity contribution is 7.89. The zero-order chi connectivity index (χ0) is 19.2. The van der Waals surface area contributed by atoms with Gasteiger partial charge in [-0.25, -0.2) is 22.0 Å². The number of likely N-dealkylation sites (N-methyl/N-ethyl adjacent to an activating group) is 1. The lowest BCUT2D eigenvalue weighted by molar-refractivity contribution is -0.0508. The van der Waals surface area contributed by atoms with E-state index in [2.05, 4.69) is 4.90 Å². The van der Waals surface area contributed by atoms with Crippen molar-refractivity contribution in [1.29, 1.82) is 0 Å². The van der Waals surface area contributed by atoms with E-state index in [1.165, 1.54) is 28.6 Å². The largest absolute Gasteiger partial charge is 0.396 e. The molecule has 2 fully saturated rings. The maximum absolute atomic E-state index is 13.0. The van der Waals surface area contributed by atoms with Crippen molar-refractivity contribution in [2.45, 2.75) is 35.1 Å². The molecule has 0 saturated carbocycles. The average molecular weight is 404 g/mol. The van der Waals surface area contributed by atoms with Gasteiger partial charge in [-0.2, -0.15) is 4.31 Å². The number of benzene rings is 1. The number of aliphatic hydroxyl groups is 1. The summed E-state index contributed by atoms with van der Waals surface area (Å²) < 4.78 is 50.1. The number of hydrogen-bond donors (Lipinski definition) is 2. The van der Waals surface area contributed by atoms with E-state index < -0.39 is 20.0 Å². The van der Waals surface area contributed by atoms with Crippen LogP contribution in [0.4, 0.5) is 0 Å². The fourth-order valence-corrected chi connectivity index (χ4v) is 6.12. The molecule has 8 nitrogen and oxygen atoms in total. The summed E-state index contributed by atoms with van der Waals surface area (Å²) in [5, 5.41) is 15.0. The van der Waals surface area contributed by atoms with Crippen LogP contribution in [0, 0.1) is 5.41 Å². The summed E-state index contributed by atoms with van der Waals surface area (Å²) in [6.07, 6.45) is 2.50. The topological polar surface area (TPSA) is 121 Å². The lowest BCUT2D eigenvalue weighted by Crippen LogP contribution is -2.62. The fraction of sp³-hybridized carbons (Fsp3) is 0.625. The Labute approximate surface area is 154 Å². The van der Waals surface area contributed by atoms with Crippen LogP contribution in [0.25, 0.3) is 0 Å². The van der Waals surface area contributed by atoms with Crippen molar-refractivity contribution in [2.24, 2.45) is 10.6 Å². The summed E-state index contributed by atoms with van der Waals surface area (Å²) >= 11 is 0. The zero-order valence-electron chi connectivity index (χ0n) is 14.7. The second kappa shape index (κ2) is 6.84. The Bertz CT molecular complexity index is 870. The minimum atomic E-state index is -3.87. The number of primary sulfonamides is 1. The molecular formula is C16H25N3O5S2. The predicted octanol–water partition coefficient (Wildman–Crippen LogP) is -0.199. The van der Waals surface area contributed by atoms with Gasteiger partial charge in [0.05, 0.1) is 16.4 Å². The lowest BCUT2D eigenvalue weighted by atomic mass is 9.69. The van der Waals surface area contributed by atoms with Gasteiger partial charge >= 0.3 is 0 Å². The summed E-state index contributed by atoms with van der Waals surface area (Å²) in [5.74, 6) is 0. The molecule has 0 amide bonds. The van der Waals surface area contributed by atoms with E-state index in [9.17, 15) is 21.9 Å². The first-order valence-corrected chi connectivity index (χ1v) is 11.5. The molecule has 146 valence electrons. The van der Waals surface area contributed by atoms with Gasteiger partial charge < -0.3 is 10.0 Å². The van der Waals surface area contributed by atoms with Crippen molar-refractivity contribution in [3.63, 3.8) is 0 Å². The van der Waals surface area contributed by atoms with Crippen molar-refractivity contribution >= 4 is 20.0 Å². The van der Waals surface area contributed by atoms with Crippen molar-refractivity contribution in [3.05, 3.63) is 24.3 Å². The number of rotatable bonds is 4. The van der Waals surface area contributed by atoms with Crippen molar-refractivity contribution in [2.75, 3.05) is 33.3 Å². The second-order valence-corrected chi connectivity index (χ2v) is 10.7. The molecule has 0 spiro atoms. The molecule has 0 radical (unpaired) electrons. The Morgan fingerprint density at radius 2 is 1.73 bits per heavy atom. The molecule has 0 bridgehead atoms. The number of likely N-dealkylation sites (tertiary alicyclic amines) is 1. The first-order chi connectivity index (χ1) is 12.1. The van der Waals surface area contributed by atoms with Crippen LogP contribution in [0.3, 0.4) is 0 Å². The summed E-state index contributed by atoms with van der Waals surface area (Å²) in [7, 11) is -5.65. The molecule has 1 aromatic carbocycles. The summed E-state index contributed by atoms with van der Waals surface area (Å²) in [5.41, 5.74) is -0.253. The molecule has 2 heterocycles. The van der Waals surface area contributed by atoms with Crippen LogP contribution in [0.5, 0.6) is 0 Å². The van der Waals surface area contributed by atoms with Crippen LogP contribution in [0.15, 0.2) is 34.1 Å². The van der Waals surface area contributed by atoms with E-state index in [4.69, 9.17) is 5.14 Å². The Kier molecular flexibility index (Phi) is 5.19. The predicted molar refractivity (Wildman–Crippen MR) is 96.4 cm³/mol. The minimum Gasteiger partial charge on any atom is -0.396 e. The van der Waals surface area contributed by atoms with Gasteiger partial charge in [-0.3, -0.25) is 0 Å². The van der Waals surface area contributed by atoms with Crippen molar-refractivity contribution in [3.8, 4) is 0 Å². The van der Waals surface area contributed by atoms with Crippen LogP contribution in [-0.2, 0) is 20.0 Å². The quantitative estimate of drug-likeness (QED) is 0.718. The SMILES string of the molecule is CN1CCC[C@]2(CO)CCN(S(=O)(=O)c3ccc(S(N)(=O)=O)cc3)C[C@@H]12. The van der Waals surface area contributed by atoms with E-state index in [0.717, 1.165) is 19.4 Å². The molecule has 2 saturated heterocycles. The maximum Gasteiger partial charge on any atom is 0.243 e. The Hall–Kier alpha value is -1.04. The molecule has 0 aromatic heterocycles. The monoisotopic (exact) mass is 403 g/mol. The molecule has 0 aliphatic carbocycles. The number of nitrogens with zero attached hydrogens (tertiary/aromatic N) is 2. The van der Waals surface area contributed by atoms with E-state index in [-0.39, 0.29) is 27.9 Å². The number of sulfonamides is 2. The van der Waals surface area contributed by atoms with Gasteiger partial charge in [0.2, 0.25) is 20.0 Å². The van der Waals surface area contributed by atoms with E-state index in [0.29, 0.717) is 19.5 Å². The van der Waals surface area contributed by atoms with Gasteiger partial charge in [-0.1, -0.05) is 0 Å². The molecule has 0 unspecified atom stereocenters. The van der Waals surface area contributed by atoms with Gasteiger partial charge in [0.1, 0.15) is 0 Å². The molecule has 2 aliphatic rings. The maximum atomic E-state index is 13.0. The number of piperidine rings is 2. The third kappa shape index (κ3) is 3.41. The first-order valence-electron chi connectivity index (χ1n) is 8.54. The van der Waals surface area contributed by atoms with Crippen LogP contribution >= 0.6 is 0 Å². The summed E-state index contributed by atoms with van der Waals surface area (Å²) in [6.45, 7) is 1.59. The molecule has 3 rings (SSSR count). The minimum absolute atomic E-state index is 0.0338. The van der Waals surface area contributed by atoms with Gasteiger partial charge in [0.25, 0.3) is 0 Å². The van der Waals surface area contributed by atoms with Crippen LogP contribution in [0.2, 0.25) is 0 Å². The van der Waals surface area contributed by atoms with Crippen LogP contribution in [0.1, 0.15) is 19.3 Å². The molecule has 10 heteroatoms. The molecule has 2 atom stereocenters. The number of hydrogen-bond acceptors (Lipinski definition) is 6. The zero-order valence-corrected chi connectivity index (χ0v) is 16.3. The molecular weight excluding hydrogens is 378 g/mol. The van der Waals surface area contributed by atoms with Crippen molar-refractivity contribution < 1.29 is 21.9 Å². The molecule has 1 aromatic rings.